The molecule has 11 aromatic rings. The van der Waals surface area contributed by atoms with Crippen LogP contribution in [0, 0.1) is 0 Å². The van der Waals surface area contributed by atoms with Crippen LogP contribution in [0.3, 0.4) is 0 Å². The topological polar surface area (TPSA) is 35.6 Å². The van der Waals surface area contributed by atoms with Crippen LogP contribution in [-0.2, 0) is 0 Å². The number of hydrogen-bond donors (Lipinski definition) is 0. The van der Waals surface area contributed by atoms with E-state index in [-0.39, 0.29) is 0 Å². The van der Waals surface area contributed by atoms with Crippen LogP contribution in [0.4, 0.5) is 0 Å². The van der Waals surface area contributed by atoms with Crippen LogP contribution >= 0.6 is 0 Å². The molecule has 0 N–H and O–H groups in total. The van der Waals surface area contributed by atoms with E-state index in [1.807, 2.05) is 0 Å². The highest BCUT2D eigenvalue weighted by atomic mass is 28.3. The third-order valence-corrected chi connectivity index (χ3v) is 16.9. The highest BCUT2D eigenvalue weighted by Gasteiger charge is 2.36. The summed E-state index contributed by atoms with van der Waals surface area (Å²) in [7, 11) is -2.73. The molecule has 0 radical (unpaired) electrons. The van der Waals surface area contributed by atoms with Crippen LogP contribution in [0.25, 0.3) is 77.8 Å². The van der Waals surface area contributed by atoms with E-state index in [0.29, 0.717) is 5.82 Å². The van der Waals surface area contributed by atoms with Gasteiger partial charge in [-0.1, -0.05) is 187 Å². The summed E-state index contributed by atoms with van der Waals surface area (Å²) >= 11 is 0. The van der Waals surface area contributed by atoms with Crippen molar-refractivity contribution >= 4 is 72.4 Å². The fourth-order valence-corrected chi connectivity index (χ4v) is 14.9. The first-order chi connectivity index (χ1) is 28.3. The first-order valence-corrected chi connectivity index (χ1v) is 21.5. The molecule has 0 bridgehead atoms. The van der Waals surface area contributed by atoms with Gasteiger partial charge in [0.1, 0.15) is 11.6 Å². The van der Waals surface area contributed by atoms with Gasteiger partial charge in [0.05, 0.1) is 22.1 Å². The van der Waals surface area contributed by atoms with Crippen molar-refractivity contribution in [2.24, 2.45) is 0 Å². The lowest BCUT2D eigenvalue weighted by molar-refractivity contribution is 0.994. The van der Waals surface area contributed by atoms with Crippen LogP contribution < -0.4 is 20.7 Å². The molecule has 57 heavy (non-hydrogen) atoms. The van der Waals surface area contributed by atoms with Crippen molar-refractivity contribution in [1.29, 1.82) is 0 Å². The standard InChI is InChI=1S/C52H34N4Si/c1-2-18-36(19-3-1)57(48-31-14-8-25-42(48)43-26-9-15-32-49(43)57)37-20-16-17-35(33-37)52-53-50(55-44-27-10-4-21-38(44)39-22-5-11-28-45(39)55)34-51(54-52)56-46-29-12-6-23-40(46)41-24-7-13-30-47(41)56/h1-34H/q-1. The number of nitrogens with zero attached hydrogens (tertiary/aromatic N) is 4. The Labute approximate surface area is 330 Å². The zero-order valence-corrected chi connectivity index (χ0v) is 31.9. The molecule has 0 amide bonds. The Morgan fingerprint density at radius 3 is 1.23 bits per heavy atom. The first-order valence-electron chi connectivity index (χ1n) is 19.5. The van der Waals surface area contributed by atoms with Gasteiger partial charge in [-0.15, -0.1) is 0 Å². The highest BCUT2D eigenvalue weighted by molar-refractivity contribution is 7.22. The van der Waals surface area contributed by atoms with Crippen LogP contribution in [0.15, 0.2) is 206 Å². The van der Waals surface area contributed by atoms with Gasteiger partial charge in [-0.25, -0.2) is 9.97 Å². The molecule has 4 nitrogen and oxygen atoms in total. The predicted molar refractivity (Wildman–Crippen MR) is 239 cm³/mol. The fourth-order valence-electron chi connectivity index (χ4n) is 9.72. The Bertz CT molecular complexity index is 3090. The molecule has 1 aliphatic rings. The third kappa shape index (κ3) is 4.55. The summed E-state index contributed by atoms with van der Waals surface area (Å²) in [5, 5.41) is 10.3. The lowest BCUT2D eigenvalue weighted by atomic mass is 10.1. The second kappa shape index (κ2) is 12.3. The quantitative estimate of drug-likeness (QED) is 0.165. The zero-order valence-electron chi connectivity index (χ0n) is 30.9. The van der Waals surface area contributed by atoms with Crippen LogP contribution in [0.1, 0.15) is 0 Å². The van der Waals surface area contributed by atoms with Gasteiger partial charge in [-0.05, 0) is 32.3 Å². The molecule has 1 aliphatic heterocycles. The molecule has 0 atom stereocenters. The molecule has 5 heteroatoms. The van der Waals surface area contributed by atoms with E-state index in [9.17, 15) is 0 Å². The molecule has 12 rings (SSSR count). The SMILES string of the molecule is c1ccc([Si-]2(c3cccc(-c4nc(-n5c6ccccc6c6ccccc65)cc(-n5c6ccccc6c6ccccc65)n4)c3)c3ccccc3-c3ccccc32)cc1. The largest absolute Gasteiger partial charge is 0.294 e. The van der Waals surface area contributed by atoms with Gasteiger partial charge in [0.2, 0.25) is 0 Å². The fraction of sp³-hybridized carbons (Fsp3) is 0. The van der Waals surface area contributed by atoms with Crippen LogP contribution in [0.2, 0.25) is 0 Å². The molecule has 0 saturated heterocycles. The van der Waals surface area contributed by atoms with E-state index in [1.165, 1.54) is 53.4 Å². The molecule has 3 aromatic heterocycles. The van der Waals surface area contributed by atoms with E-state index in [2.05, 4.69) is 215 Å². The summed E-state index contributed by atoms with van der Waals surface area (Å²) in [5.74, 6) is 2.34. The second-order valence-electron chi connectivity index (χ2n) is 14.9. The van der Waals surface area contributed by atoms with E-state index >= 15 is 0 Å². The van der Waals surface area contributed by atoms with Gasteiger partial charge >= 0.3 is 0 Å². The van der Waals surface area contributed by atoms with Gasteiger partial charge in [-0.3, -0.25) is 9.13 Å². The van der Waals surface area contributed by atoms with Crippen molar-refractivity contribution in [1.82, 2.24) is 19.1 Å². The third-order valence-electron chi connectivity index (χ3n) is 12.0. The zero-order chi connectivity index (χ0) is 37.5. The number of aromatic nitrogens is 4. The molecule has 0 unspecified atom stereocenters. The minimum absolute atomic E-state index is 0.685. The Balaban J connectivity index is 1.16. The van der Waals surface area contributed by atoms with Crippen molar-refractivity contribution in [2.75, 3.05) is 0 Å². The summed E-state index contributed by atoms with van der Waals surface area (Å²) in [4.78, 5) is 11.0. The normalized spacial score (nSPS) is 13.1. The van der Waals surface area contributed by atoms with Crippen molar-refractivity contribution in [3.8, 4) is 34.2 Å². The summed E-state index contributed by atoms with van der Waals surface area (Å²) in [6.45, 7) is 0. The minimum atomic E-state index is -2.73. The Kier molecular flexibility index (Phi) is 6.91. The molecular formula is C52H34N4Si-. The maximum atomic E-state index is 5.52. The predicted octanol–water partition coefficient (Wildman–Crippen LogP) is 9.70. The Morgan fingerprint density at radius 2 is 0.737 bits per heavy atom. The van der Waals surface area contributed by atoms with Gasteiger partial charge < -0.3 is 0 Å². The smallest absolute Gasteiger partial charge is 0.163 e. The van der Waals surface area contributed by atoms with Gasteiger partial charge in [0.25, 0.3) is 0 Å². The summed E-state index contributed by atoms with van der Waals surface area (Å²) in [5.41, 5.74) is 8.08. The molecule has 8 aromatic carbocycles. The average molecular weight is 743 g/mol. The van der Waals surface area contributed by atoms with E-state index in [0.717, 1.165) is 39.3 Å². The lowest BCUT2D eigenvalue weighted by Crippen LogP contribution is -2.72. The Morgan fingerprint density at radius 1 is 0.333 bits per heavy atom. The van der Waals surface area contributed by atoms with Crippen molar-refractivity contribution in [3.05, 3.63) is 206 Å². The highest BCUT2D eigenvalue weighted by Crippen LogP contribution is 2.36. The van der Waals surface area contributed by atoms with Crippen molar-refractivity contribution in [2.45, 2.75) is 0 Å². The summed E-state index contributed by atoms with van der Waals surface area (Å²) in [6.07, 6.45) is 0. The average Bonchev–Trinajstić information content (AvgIpc) is 3.91. The summed E-state index contributed by atoms with van der Waals surface area (Å²) < 4.78 is 4.61. The molecule has 267 valence electrons. The molecule has 0 fully saturated rings. The van der Waals surface area contributed by atoms with Crippen LogP contribution in [-0.4, -0.2) is 27.2 Å². The van der Waals surface area contributed by atoms with E-state index in [1.54, 1.807) is 0 Å². The van der Waals surface area contributed by atoms with E-state index in [4.69, 9.17) is 9.97 Å². The number of fused-ring (bicyclic) bond motifs is 9. The minimum Gasteiger partial charge on any atom is -0.294 e. The Hall–Kier alpha value is -7.34. The maximum Gasteiger partial charge on any atom is 0.163 e. The number of hydrogen-bond acceptors (Lipinski definition) is 2. The first kappa shape index (κ1) is 32.0. The molecule has 0 saturated carbocycles. The van der Waals surface area contributed by atoms with Gasteiger partial charge in [-0.2, -0.15) is 20.7 Å². The summed E-state index contributed by atoms with van der Waals surface area (Å²) in [6, 6.07) is 75.1. The van der Waals surface area contributed by atoms with E-state index < -0.39 is 8.07 Å². The molecule has 4 heterocycles. The maximum absolute atomic E-state index is 5.52. The molecule has 0 aliphatic carbocycles. The number of benzene rings is 8. The second-order valence-corrected chi connectivity index (χ2v) is 18.7. The van der Waals surface area contributed by atoms with Gasteiger partial charge in [0.15, 0.2) is 5.82 Å². The molecular weight excluding hydrogens is 709 g/mol. The van der Waals surface area contributed by atoms with Crippen molar-refractivity contribution in [3.63, 3.8) is 0 Å². The lowest BCUT2D eigenvalue weighted by Gasteiger charge is -2.44. The number of para-hydroxylation sites is 4. The van der Waals surface area contributed by atoms with Crippen LogP contribution in [0.5, 0.6) is 0 Å². The number of rotatable bonds is 5. The van der Waals surface area contributed by atoms with Crippen molar-refractivity contribution < 1.29 is 0 Å². The monoisotopic (exact) mass is 742 g/mol. The van der Waals surface area contributed by atoms with Gasteiger partial charge in [0, 0.05) is 33.2 Å². The molecule has 0 spiro atoms.